The number of hydrogen-bond donors (Lipinski definition) is 0. The standard InChI is InChI=1S/C13H26O2/c1-3-5-6-7-8-9-10-11-15-13(4-2)12-14/h12-13H,3-11H2,1-2H3/t13-/m0/s1. The number of rotatable bonds is 11. The van der Waals surface area contributed by atoms with Gasteiger partial charge in [-0.1, -0.05) is 52.4 Å². The first kappa shape index (κ1) is 14.6. The van der Waals surface area contributed by atoms with Crippen molar-refractivity contribution in [2.75, 3.05) is 6.61 Å². The Morgan fingerprint density at radius 2 is 1.60 bits per heavy atom. The van der Waals surface area contributed by atoms with Gasteiger partial charge in [0.25, 0.3) is 0 Å². The summed E-state index contributed by atoms with van der Waals surface area (Å²) in [5.41, 5.74) is 0. The van der Waals surface area contributed by atoms with Crippen molar-refractivity contribution in [3.63, 3.8) is 0 Å². The van der Waals surface area contributed by atoms with Crippen LogP contribution in [-0.4, -0.2) is 19.0 Å². The van der Waals surface area contributed by atoms with Crippen LogP contribution in [0.2, 0.25) is 0 Å². The first-order valence-corrected chi connectivity index (χ1v) is 6.42. The van der Waals surface area contributed by atoms with Gasteiger partial charge in [0.15, 0.2) is 0 Å². The molecule has 0 aromatic heterocycles. The smallest absolute Gasteiger partial charge is 0.148 e. The molecule has 0 heterocycles. The van der Waals surface area contributed by atoms with Gasteiger partial charge in [-0.2, -0.15) is 0 Å². The quantitative estimate of drug-likeness (QED) is 0.387. The van der Waals surface area contributed by atoms with E-state index in [0.29, 0.717) is 0 Å². The Morgan fingerprint density at radius 1 is 1.00 bits per heavy atom. The van der Waals surface area contributed by atoms with Crippen LogP contribution >= 0.6 is 0 Å². The van der Waals surface area contributed by atoms with Crippen molar-refractivity contribution in [3.8, 4) is 0 Å². The monoisotopic (exact) mass is 214 g/mol. The van der Waals surface area contributed by atoms with E-state index in [4.69, 9.17) is 4.74 Å². The molecule has 0 spiro atoms. The zero-order valence-corrected chi connectivity index (χ0v) is 10.3. The molecule has 0 fully saturated rings. The van der Waals surface area contributed by atoms with Crippen molar-refractivity contribution in [2.24, 2.45) is 0 Å². The van der Waals surface area contributed by atoms with Crippen LogP contribution in [-0.2, 0) is 9.53 Å². The van der Waals surface area contributed by atoms with Gasteiger partial charge in [0.05, 0.1) is 0 Å². The molecule has 0 aliphatic heterocycles. The predicted molar refractivity (Wildman–Crippen MR) is 64.1 cm³/mol. The highest BCUT2D eigenvalue weighted by molar-refractivity contribution is 5.55. The SMILES string of the molecule is CCCCCCCCCO[C@H](C=O)CC. The van der Waals surface area contributed by atoms with Crippen LogP contribution in [0.15, 0.2) is 0 Å². The second-order valence-corrected chi connectivity index (χ2v) is 4.07. The predicted octanol–water partition coefficient (Wildman–Crippen LogP) is 3.73. The number of aldehydes is 1. The van der Waals surface area contributed by atoms with Gasteiger partial charge in [0, 0.05) is 6.61 Å². The van der Waals surface area contributed by atoms with E-state index in [-0.39, 0.29) is 6.10 Å². The van der Waals surface area contributed by atoms with Crippen molar-refractivity contribution in [3.05, 3.63) is 0 Å². The Balaban J connectivity index is 3.07. The molecule has 0 rings (SSSR count). The molecule has 2 nitrogen and oxygen atoms in total. The van der Waals surface area contributed by atoms with Crippen molar-refractivity contribution in [1.82, 2.24) is 0 Å². The molecule has 0 aromatic carbocycles. The maximum absolute atomic E-state index is 10.4. The highest BCUT2D eigenvalue weighted by Crippen LogP contribution is 2.07. The summed E-state index contributed by atoms with van der Waals surface area (Å²) in [6.07, 6.45) is 10.5. The second-order valence-electron chi connectivity index (χ2n) is 4.07. The molecule has 0 unspecified atom stereocenters. The second kappa shape index (κ2) is 11.7. The molecule has 0 N–H and O–H groups in total. The summed E-state index contributed by atoms with van der Waals surface area (Å²) in [6.45, 7) is 4.95. The molecule has 0 aliphatic carbocycles. The summed E-state index contributed by atoms with van der Waals surface area (Å²) in [5, 5.41) is 0. The first-order chi connectivity index (χ1) is 7.35. The van der Waals surface area contributed by atoms with E-state index in [1.54, 1.807) is 0 Å². The van der Waals surface area contributed by atoms with Gasteiger partial charge < -0.3 is 9.53 Å². The van der Waals surface area contributed by atoms with Gasteiger partial charge >= 0.3 is 0 Å². The van der Waals surface area contributed by atoms with Gasteiger partial charge in [0.2, 0.25) is 0 Å². The lowest BCUT2D eigenvalue weighted by Gasteiger charge is -2.08. The van der Waals surface area contributed by atoms with Gasteiger partial charge in [-0.15, -0.1) is 0 Å². The molecule has 90 valence electrons. The lowest BCUT2D eigenvalue weighted by Crippen LogP contribution is -2.13. The summed E-state index contributed by atoms with van der Waals surface area (Å²) in [6, 6.07) is 0. The molecule has 0 saturated heterocycles. The summed E-state index contributed by atoms with van der Waals surface area (Å²) in [7, 11) is 0. The molecule has 2 heteroatoms. The minimum Gasteiger partial charge on any atom is -0.371 e. The maximum Gasteiger partial charge on any atom is 0.148 e. The third-order valence-electron chi connectivity index (χ3n) is 2.63. The number of unbranched alkanes of at least 4 members (excludes halogenated alkanes) is 6. The lowest BCUT2D eigenvalue weighted by atomic mass is 10.1. The average molecular weight is 214 g/mol. The van der Waals surface area contributed by atoms with Crippen LogP contribution < -0.4 is 0 Å². The summed E-state index contributed by atoms with van der Waals surface area (Å²) in [4.78, 5) is 10.4. The van der Waals surface area contributed by atoms with Crippen LogP contribution in [0.4, 0.5) is 0 Å². The Morgan fingerprint density at radius 3 is 2.13 bits per heavy atom. The van der Waals surface area contributed by atoms with E-state index in [1.807, 2.05) is 6.92 Å². The third-order valence-corrected chi connectivity index (χ3v) is 2.63. The maximum atomic E-state index is 10.4. The van der Waals surface area contributed by atoms with E-state index in [2.05, 4.69) is 6.92 Å². The number of carbonyl (C=O) groups excluding carboxylic acids is 1. The molecule has 0 radical (unpaired) electrons. The summed E-state index contributed by atoms with van der Waals surface area (Å²) >= 11 is 0. The minimum absolute atomic E-state index is 0.176. The lowest BCUT2D eigenvalue weighted by molar-refractivity contribution is -0.118. The minimum atomic E-state index is -0.176. The molecular weight excluding hydrogens is 188 g/mol. The zero-order valence-electron chi connectivity index (χ0n) is 10.3. The molecule has 0 aliphatic rings. The normalized spacial score (nSPS) is 12.7. The number of hydrogen-bond acceptors (Lipinski definition) is 2. The Bertz CT molecular complexity index is 134. The highest BCUT2D eigenvalue weighted by atomic mass is 16.5. The molecule has 0 amide bonds. The average Bonchev–Trinajstić information content (AvgIpc) is 2.27. The number of ether oxygens (including phenoxy) is 1. The number of carbonyl (C=O) groups is 1. The van der Waals surface area contributed by atoms with Crippen LogP contribution in [0, 0.1) is 0 Å². The summed E-state index contributed by atoms with van der Waals surface area (Å²) < 4.78 is 5.40. The Hall–Kier alpha value is -0.370. The zero-order chi connectivity index (χ0) is 11.4. The van der Waals surface area contributed by atoms with Crippen molar-refractivity contribution in [2.45, 2.75) is 71.3 Å². The fourth-order valence-electron chi connectivity index (χ4n) is 1.55. The highest BCUT2D eigenvalue weighted by Gasteiger charge is 2.02. The van der Waals surface area contributed by atoms with Crippen molar-refractivity contribution >= 4 is 6.29 Å². The van der Waals surface area contributed by atoms with Gasteiger partial charge in [-0.3, -0.25) is 0 Å². The summed E-state index contributed by atoms with van der Waals surface area (Å²) in [5.74, 6) is 0. The van der Waals surface area contributed by atoms with Crippen LogP contribution in [0.1, 0.15) is 65.2 Å². The van der Waals surface area contributed by atoms with Crippen molar-refractivity contribution < 1.29 is 9.53 Å². The molecular formula is C13H26O2. The molecule has 0 aromatic rings. The topological polar surface area (TPSA) is 26.3 Å². The van der Waals surface area contributed by atoms with Crippen LogP contribution in [0.3, 0.4) is 0 Å². The first-order valence-electron chi connectivity index (χ1n) is 6.42. The largest absolute Gasteiger partial charge is 0.371 e. The molecule has 0 saturated carbocycles. The van der Waals surface area contributed by atoms with Crippen LogP contribution in [0.25, 0.3) is 0 Å². The van der Waals surface area contributed by atoms with Gasteiger partial charge in [-0.05, 0) is 12.8 Å². The third kappa shape index (κ3) is 9.92. The van der Waals surface area contributed by atoms with E-state index < -0.39 is 0 Å². The fourth-order valence-corrected chi connectivity index (χ4v) is 1.55. The van der Waals surface area contributed by atoms with E-state index in [0.717, 1.165) is 25.7 Å². The molecule has 0 bridgehead atoms. The fraction of sp³-hybridized carbons (Fsp3) is 0.923. The molecule has 15 heavy (non-hydrogen) atoms. The van der Waals surface area contributed by atoms with E-state index >= 15 is 0 Å². The van der Waals surface area contributed by atoms with Crippen molar-refractivity contribution in [1.29, 1.82) is 0 Å². The van der Waals surface area contributed by atoms with E-state index in [9.17, 15) is 4.79 Å². The Labute approximate surface area is 94.4 Å². The van der Waals surface area contributed by atoms with E-state index in [1.165, 1.54) is 38.5 Å². The Kier molecular flexibility index (Phi) is 11.4. The van der Waals surface area contributed by atoms with Crippen LogP contribution in [0.5, 0.6) is 0 Å². The van der Waals surface area contributed by atoms with Gasteiger partial charge in [0.1, 0.15) is 12.4 Å². The van der Waals surface area contributed by atoms with Gasteiger partial charge in [-0.25, -0.2) is 0 Å². The molecule has 1 atom stereocenters.